The summed E-state index contributed by atoms with van der Waals surface area (Å²) in [6, 6.07) is 33.6. The van der Waals surface area contributed by atoms with Crippen molar-refractivity contribution in [2.24, 2.45) is 0 Å². The second-order valence-electron chi connectivity index (χ2n) is 10.0. The highest BCUT2D eigenvalue weighted by Gasteiger charge is 2.26. The zero-order valence-corrected chi connectivity index (χ0v) is 22.7. The van der Waals surface area contributed by atoms with Gasteiger partial charge in [-0.1, -0.05) is 72.8 Å². The van der Waals surface area contributed by atoms with Gasteiger partial charge in [-0.2, -0.15) is 0 Å². The summed E-state index contributed by atoms with van der Waals surface area (Å²) >= 11 is 0. The number of carbonyl (C=O) groups excluding carboxylic acids is 2. The van der Waals surface area contributed by atoms with E-state index in [1.807, 2.05) is 85.8 Å². The molecule has 0 radical (unpaired) electrons. The third kappa shape index (κ3) is 6.89. The number of unbranched alkanes of at least 4 members (excludes halogenated alkanes) is 1. The minimum atomic E-state index is -0.0967. The lowest BCUT2D eigenvalue weighted by Gasteiger charge is -2.30. The lowest BCUT2D eigenvalue weighted by Crippen LogP contribution is -2.39. The summed E-state index contributed by atoms with van der Waals surface area (Å²) in [6.45, 7) is 3.17. The van der Waals surface area contributed by atoms with E-state index >= 15 is 0 Å². The van der Waals surface area contributed by atoms with Crippen molar-refractivity contribution in [3.63, 3.8) is 0 Å². The number of nitrogens with zero attached hydrogens (tertiary/aromatic N) is 1. The lowest BCUT2D eigenvalue weighted by atomic mass is 9.88. The van der Waals surface area contributed by atoms with Crippen LogP contribution in [0.2, 0.25) is 0 Å². The van der Waals surface area contributed by atoms with Gasteiger partial charge in [0.15, 0.2) is 6.61 Å². The maximum Gasteiger partial charge on any atom is 0.265 e. The normalized spacial score (nSPS) is 12.6. The first-order valence-corrected chi connectivity index (χ1v) is 13.7. The standard InChI is InChI=1S/C34H34N2O4/c1-25-11-10-16-29(21-25)39-20-9-8-19-36-31-22-28(17-18-32(31)40-24-34(36)38)35-33(37)23-30(26-12-4-2-5-13-26)27-14-6-3-7-15-27/h2-7,10-18,21-22,30H,8-9,19-20,23-24H2,1H3,(H,35,37). The van der Waals surface area contributed by atoms with Crippen molar-refractivity contribution in [1.82, 2.24) is 0 Å². The summed E-state index contributed by atoms with van der Waals surface area (Å²) in [5, 5.41) is 3.04. The molecule has 0 spiro atoms. The van der Waals surface area contributed by atoms with Gasteiger partial charge in [-0.05, 0) is 66.8 Å². The van der Waals surface area contributed by atoms with E-state index in [1.54, 1.807) is 4.90 Å². The first kappa shape index (κ1) is 27.0. The summed E-state index contributed by atoms with van der Waals surface area (Å²) in [5.41, 5.74) is 4.65. The molecule has 6 heteroatoms. The average molecular weight is 535 g/mol. The van der Waals surface area contributed by atoms with Gasteiger partial charge >= 0.3 is 0 Å². The molecule has 1 heterocycles. The molecule has 5 rings (SSSR count). The highest BCUT2D eigenvalue weighted by Crippen LogP contribution is 2.35. The van der Waals surface area contributed by atoms with Crippen LogP contribution in [0.25, 0.3) is 0 Å². The molecule has 0 unspecified atom stereocenters. The van der Waals surface area contributed by atoms with Crippen LogP contribution in [0.3, 0.4) is 0 Å². The lowest BCUT2D eigenvalue weighted by molar-refractivity contribution is -0.121. The number of benzene rings is 4. The zero-order chi connectivity index (χ0) is 27.7. The second kappa shape index (κ2) is 13.0. The Hall–Kier alpha value is -4.58. The van der Waals surface area contributed by atoms with Crippen molar-refractivity contribution in [3.8, 4) is 11.5 Å². The summed E-state index contributed by atoms with van der Waals surface area (Å²) in [4.78, 5) is 27.7. The smallest absolute Gasteiger partial charge is 0.265 e. The quantitative estimate of drug-likeness (QED) is 0.216. The van der Waals surface area contributed by atoms with Crippen molar-refractivity contribution >= 4 is 23.2 Å². The maximum absolute atomic E-state index is 13.2. The molecule has 1 aliphatic rings. The van der Waals surface area contributed by atoms with E-state index in [0.717, 1.165) is 35.3 Å². The van der Waals surface area contributed by atoms with Gasteiger partial charge in [0.1, 0.15) is 11.5 Å². The van der Waals surface area contributed by atoms with Crippen molar-refractivity contribution < 1.29 is 19.1 Å². The van der Waals surface area contributed by atoms with E-state index in [2.05, 4.69) is 29.6 Å². The third-order valence-corrected chi connectivity index (χ3v) is 7.01. The molecule has 0 saturated heterocycles. The second-order valence-corrected chi connectivity index (χ2v) is 10.0. The number of hydrogen-bond donors (Lipinski definition) is 1. The fourth-order valence-electron chi connectivity index (χ4n) is 4.99. The van der Waals surface area contributed by atoms with E-state index in [-0.39, 0.29) is 24.3 Å². The topological polar surface area (TPSA) is 67.9 Å². The summed E-state index contributed by atoms with van der Waals surface area (Å²) in [7, 11) is 0. The Labute approximate surface area is 235 Å². The largest absolute Gasteiger partial charge is 0.494 e. The summed E-state index contributed by atoms with van der Waals surface area (Å²) in [6.07, 6.45) is 1.89. The molecule has 1 aliphatic heterocycles. The fraction of sp³-hybridized carbons (Fsp3) is 0.235. The van der Waals surface area contributed by atoms with Gasteiger partial charge < -0.3 is 19.7 Å². The highest BCUT2D eigenvalue weighted by atomic mass is 16.5. The van der Waals surface area contributed by atoms with Crippen LogP contribution in [0.15, 0.2) is 103 Å². The highest BCUT2D eigenvalue weighted by molar-refractivity contribution is 5.99. The minimum absolute atomic E-state index is 0.00826. The van der Waals surface area contributed by atoms with Crippen LogP contribution in [0.1, 0.15) is 41.9 Å². The average Bonchev–Trinajstić information content (AvgIpc) is 2.98. The third-order valence-electron chi connectivity index (χ3n) is 7.01. The van der Waals surface area contributed by atoms with Crippen molar-refractivity contribution in [1.29, 1.82) is 0 Å². The molecule has 6 nitrogen and oxygen atoms in total. The number of hydrogen-bond acceptors (Lipinski definition) is 4. The molecule has 4 aromatic carbocycles. The van der Waals surface area contributed by atoms with Crippen molar-refractivity contribution in [2.45, 2.75) is 32.1 Å². The van der Waals surface area contributed by atoms with Crippen LogP contribution in [-0.4, -0.2) is 31.6 Å². The Morgan fingerprint density at radius 1 is 0.900 bits per heavy atom. The van der Waals surface area contributed by atoms with E-state index in [4.69, 9.17) is 9.47 Å². The van der Waals surface area contributed by atoms with E-state index in [9.17, 15) is 9.59 Å². The van der Waals surface area contributed by atoms with Gasteiger partial charge in [-0.15, -0.1) is 0 Å². The molecule has 0 aliphatic carbocycles. The molecule has 2 amide bonds. The van der Waals surface area contributed by atoms with Crippen LogP contribution >= 0.6 is 0 Å². The summed E-state index contributed by atoms with van der Waals surface area (Å²) in [5.74, 6) is 1.24. The molecule has 0 aromatic heterocycles. The summed E-state index contributed by atoms with van der Waals surface area (Å²) < 4.78 is 11.5. The number of fused-ring (bicyclic) bond motifs is 1. The van der Waals surface area contributed by atoms with Gasteiger partial charge in [0.2, 0.25) is 5.91 Å². The fourth-order valence-corrected chi connectivity index (χ4v) is 4.99. The number of carbonyl (C=O) groups is 2. The molecule has 0 fully saturated rings. The molecule has 40 heavy (non-hydrogen) atoms. The predicted octanol–water partition coefficient (Wildman–Crippen LogP) is 6.74. The molecule has 204 valence electrons. The van der Waals surface area contributed by atoms with Crippen LogP contribution in [0.5, 0.6) is 11.5 Å². The molecule has 1 N–H and O–H groups in total. The van der Waals surface area contributed by atoms with Crippen LogP contribution < -0.4 is 19.7 Å². The maximum atomic E-state index is 13.2. The number of amides is 2. The Bertz CT molecular complexity index is 1400. The molecular weight excluding hydrogens is 500 g/mol. The van der Waals surface area contributed by atoms with Crippen LogP contribution in [0.4, 0.5) is 11.4 Å². The Kier molecular flexibility index (Phi) is 8.76. The van der Waals surface area contributed by atoms with Gasteiger partial charge in [0, 0.05) is 24.6 Å². The number of anilines is 2. The van der Waals surface area contributed by atoms with Crippen molar-refractivity contribution in [3.05, 3.63) is 120 Å². The Balaban J connectivity index is 1.22. The van der Waals surface area contributed by atoms with Gasteiger partial charge in [-0.3, -0.25) is 9.59 Å². The van der Waals surface area contributed by atoms with E-state index in [1.165, 1.54) is 0 Å². The number of rotatable bonds is 11. The first-order chi connectivity index (χ1) is 19.6. The minimum Gasteiger partial charge on any atom is -0.494 e. The van der Waals surface area contributed by atoms with Crippen molar-refractivity contribution in [2.75, 3.05) is 30.0 Å². The molecule has 0 bridgehead atoms. The predicted molar refractivity (Wildman–Crippen MR) is 158 cm³/mol. The molecule has 0 saturated carbocycles. The Morgan fingerprint density at radius 2 is 1.62 bits per heavy atom. The van der Waals surface area contributed by atoms with Gasteiger partial charge in [0.25, 0.3) is 5.91 Å². The SMILES string of the molecule is Cc1cccc(OCCCCN2C(=O)COc3ccc(NC(=O)CC(c4ccccc4)c4ccccc4)cc32)c1. The number of ether oxygens (including phenoxy) is 2. The van der Waals surface area contributed by atoms with Crippen LogP contribution in [-0.2, 0) is 9.59 Å². The zero-order valence-electron chi connectivity index (χ0n) is 22.7. The van der Waals surface area contributed by atoms with Gasteiger partial charge in [-0.25, -0.2) is 0 Å². The molecule has 0 atom stereocenters. The van der Waals surface area contributed by atoms with Crippen LogP contribution in [0, 0.1) is 6.92 Å². The Morgan fingerprint density at radius 3 is 2.33 bits per heavy atom. The number of aryl methyl sites for hydroxylation is 1. The monoisotopic (exact) mass is 534 g/mol. The van der Waals surface area contributed by atoms with E-state index in [0.29, 0.717) is 36.7 Å². The van der Waals surface area contributed by atoms with E-state index < -0.39 is 0 Å². The molecule has 4 aromatic rings. The van der Waals surface area contributed by atoms with Gasteiger partial charge in [0.05, 0.1) is 12.3 Å². The first-order valence-electron chi connectivity index (χ1n) is 13.7. The number of nitrogens with one attached hydrogen (secondary N) is 1. The molecular formula is C34H34N2O4.